The Hall–Kier alpha value is -1.52. The zero-order chi connectivity index (χ0) is 13.7. The first-order valence-electron chi connectivity index (χ1n) is 6.03. The van der Waals surface area contributed by atoms with E-state index in [0.29, 0.717) is 18.1 Å². The lowest BCUT2D eigenvalue weighted by atomic mass is 10.2. The maximum absolute atomic E-state index is 9.31. The Bertz CT molecular complexity index is 555. The van der Waals surface area contributed by atoms with Crippen LogP contribution in [0.1, 0.15) is 12.5 Å². The first kappa shape index (κ1) is 13.9. The first-order valence-corrected chi connectivity index (χ1v) is 6.82. The minimum atomic E-state index is -0.0617. The highest BCUT2D eigenvalue weighted by Gasteiger charge is 2.06. The quantitative estimate of drug-likeness (QED) is 0.899. The Balaban J connectivity index is 2.25. The third-order valence-electron chi connectivity index (χ3n) is 2.54. The predicted octanol–water partition coefficient (Wildman–Crippen LogP) is 4.13. The van der Waals surface area contributed by atoms with Crippen molar-refractivity contribution in [2.24, 2.45) is 0 Å². The van der Waals surface area contributed by atoms with Crippen molar-refractivity contribution in [1.82, 2.24) is 0 Å². The Morgan fingerprint density at radius 3 is 2.63 bits per heavy atom. The van der Waals surface area contributed by atoms with Gasteiger partial charge in [-0.2, -0.15) is 0 Å². The molecule has 2 rings (SSSR count). The molecule has 0 atom stereocenters. The van der Waals surface area contributed by atoms with Gasteiger partial charge in [0, 0.05) is 16.1 Å². The molecule has 100 valence electrons. The van der Waals surface area contributed by atoms with Crippen LogP contribution in [-0.2, 0) is 6.61 Å². The molecule has 3 nitrogen and oxygen atoms in total. The summed E-state index contributed by atoms with van der Waals surface area (Å²) in [6, 6.07) is 13.0. The predicted molar refractivity (Wildman–Crippen MR) is 77.7 cm³/mol. The summed E-state index contributed by atoms with van der Waals surface area (Å²) < 4.78 is 12.1. The largest absolute Gasteiger partial charge is 0.494 e. The molecule has 2 aromatic rings. The average molecular weight is 323 g/mol. The van der Waals surface area contributed by atoms with E-state index in [9.17, 15) is 5.11 Å². The summed E-state index contributed by atoms with van der Waals surface area (Å²) in [5.74, 6) is 2.07. The molecule has 2 aromatic carbocycles. The molecule has 0 radical (unpaired) electrons. The van der Waals surface area contributed by atoms with Gasteiger partial charge in [-0.25, -0.2) is 0 Å². The molecule has 0 aliphatic rings. The summed E-state index contributed by atoms with van der Waals surface area (Å²) >= 11 is 3.39. The van der Waals surface area contributed by atoms with Crippen LogP contribution in [-0.4, -0.2) is 11.7 Å². The molecule has 19 heavy (non-hydrogen) atoms. The van der Waals surface area contributed by atoms with Gasteiger partial charge < -0.3 is 14.6 Å². The molecule has 0 saturated carbocycles. The molecule has 0 saturated heterocycles. The molecule has 0 spiro atoms. The molecule has 0 aromatic heterocycles. The highest BCUT2D eigenvalue weighted by molar-refractivity contribution is 9.10. The van der Waals surface area contributed by atoms with Crippen molar-refractivity contribution in [2.45, 2.75) is 13.5 Å². The number of halogens is 1. The van der Waals surface area contributed by atoms with Crippen molar-refractivity contribution in [3.05, 3.63) is 52.5 Å². The van der Waals surface area contributed by atoms with Gasteiger partial charge in [0.05, 0.1) is 13.2 Å². The molecule has 4 heteroatoms. The monoisotopic (exact) mass is 322 g/mol. The zero-order valence-corrected chi connectivity index (χ0v) is 12.2. The molecule has 1 N–H and O–H groups in total. The van der Waals surface area contributed by atoms with E-state index in [1.165, 1.54) is 0 Å². The van der Waals surface area contributed by atoms with E-state index in [-0.39, 0.29) is 6.61 Å². The van der Waals surface area contributed by atoms with Gasteiger partial charge in [0.1, 0.15) is 17.2 Å². The van der Waals surface area contributed by atoms with Crippen LogP contribution in [0, 0.1) is 0 Å². The number of benzene rings is 2. The van der Waals surface area contributed by atoms with Gasteiger partial charge >= 0.3 is 0 Å². The second kappa shape index (κ2) is 6.59. The molecular formula is C15H15BrO3. The highest BCUT2D eigenvalue weighted by Crippen LogP contribution is 2.30. The molecule has 0 fully saturated rings. The summed E-state index contributed by atoms with van der Waals surface area (Å²) in [5, 5.41) is 9.31. The van der Waals surface area contributed by atoms with E-state index in [2.05, 4.69) is 15.9 Å². The number of aliphatic hydroxyl groups is 1. The van der Waals surface area contributed by atoms with Crippen LogP contribution in [0.5, 0.6) is 17.2 Å². The fourth-order valence-electron chi connectivity index (χ4n) is 1.68. The van der Waals surface area contributed by atoms with Crippen LogP contribution in [0.4, 0.5) is 0 Å². The van der Waals surface area contributed by atoms with Crippen LogP contribution < -0.4 is 9.47 Å². The van der Waals surface area contributed by atoms with Crippen LogP contribution >= 0.6 is 15.9 Å². The van der Waals surface area contributed by atoms with E-state index in [1.54, 1.807) is 0 Å². The van der Waals surface area contributed by atoms with Gasteiger partial charge in [0.15, 0.2) is 0 Å². The lowest BCUT2D eigenvalue weighted by Gasteiger charge is -2.11. The maximum atomic E-state index is 9.31. The summed E-state index contributed by atoms with van der Waals surface area (Å²) in [6.45, 7) is 2.49. The number of hydrogen-bond acceptors (Lipinski definition) is 3. The fraction of sp³-hybridized carbons (Fsp3) is 0.200. The molecule has 0 heterocycles. The zero-order valence-electron chi connectivity index (χ0n) is 10.6. The van der Waals surface area contributed by atoms with E-state index >= 15 is 0 Å². The Kier molecular flexibility index (Phi) is 4.82. The number of hydrogen-bond donors (Lipinski definition) is 1. The molecular weight excluding hydrogens is 308 g/mol. The Morgan fingerprint density at radius 1 is 1.11 bits per heavy atom. The number of ether oxygens (including phenoxy) is 2. The number of rotatable bonds is 5. The topological polar surface area (TPSA) is 38.7 Å². The molecule has 0 bridgehead atoms. The van der Waals surface area contributed by atoms with Gasteiger partial charge in [-0.1, -0.05) is 28.1 Å². The third kappa shape index (κ3) is 3.72. The number of aliphatic hydroxyl groups excluding tert-OH is 1. The Morgan fingerprint density at radius 2 is 1.89 bits per heavy atom. The van der Waals surface area contributed by atoms with E-state index in [1.807, 2.05) is 49.4 Å². The Labute approximate surface area is 120 Å². The lowest BCUT2D eigenvalue weighted by molar-refractivity contribution is 0.276. The van der Waals surface area contributed by atoms with Gasteiger partial charge in [-0.05, 0) is 31.2 Å². The lowest BCUT2D eigenvalue weighted by Crippen LogP contribution is -1.94. The second-order valence-corrected chi connectivity index (χ2v) is 4.84. The van der Waals surface area contributed by atoms with Gasteiger partial charge in [-0.3, -0.25) is 0 Å². The molecule has 0 aliphatic carbocycles. The third-order valence-corrected chi connectivity index (χ3v) is 3.04. The fourth-order valence-corrected chi connectivity index (χ4v) is 2.02. The van der Waals surface area contributed by atoms with Gasteiger partial charge in [-0.15, -0.1) is 0 Å². The van der Waals surface area contributed by atoms with Gasteiger partial charge in [0.25, 0.3) is 0 Å². The highest BCUT2D eigenvalue weighted by atomic mass is 79.9. The average Bonchev–Trinajstić information content (AvgIpc) is 2.40. The van der Waals surface area contributed by atoms with E-state index in [0.717, 1.165) is 15.8 Å². The standard InChI is InChI=1S/C15H15BrO3/c1-2-18-13-4-3-5-14(9-13)19-15-8-12(16)7-6-11(15)10-17/h3-9,17H,2,10H2,1H3. The molecule has 0 unspecified atom stereocenters. The van der Waals surface area contributed by atoms with Crippen molar-refractivity contribution in [2.75, 3.05) is 6.61 Å². The first-order chi connectivity index (χ1) is 9.22. The van der Waals surface area contributed by atoms with Gasteiger partial charge in [0.2, 0.25) is 0 Å². The van der Waals surface area contributed by atoms with Crippen LogP contribution in [0.3, 0.4) is 0 Å². The van der Waals surface area contributed by atoms with Crippen molar-refractivity contribution in [3.63, 3.8) is 0 Å². The second-order valence-electron chi connectivity index (χ2n) is 3.92. The smallest absolute Gasteiger partial charge is 0.134 e. The van der Waals surface area contributed by atoms with Crippen LogP contribution in [0.25, 0.3) is 0 Å². The summed E-state index contributed by atoms with van der Waals surface area (Å²) in [6.07, 6.45) is 0. The maximum Gasteiger partial charge on any atom is 0.134 e. The van der Waals surface area contributed by atoms with Crippen LogP contribution in [0.15, 0.2) is 46.9 Å². The van der Waals surface area contributed by atoms with Crippen LogP contribution in [0.2, 0.25) is 0 Å². The normalized spacial score (nSPS) is 10.3. The summed E-state index contributed by atoms with van der Waals surface area (Å²) in [4.78, 5) is 0. The van der Waals surface area contributed by atoms with E-state index in [4.69, 9.17) is 9.47 Å². The van der Waals surface area contributed by atoms with Crippen molar-refractivity contribution < 1.29 is 14.6 Å². The summed E-state index contributed by atoms with van der Waals surface area (Å²) in [7, 11) is 0. The van der Waals surface area contributed by atoms with Crippen molar-refractivity contribution in [3.8, 4) is 17.2 Å². The molecule has 0 aliphatic heterocycles. The summed E-state index contributed by atoms with van der Waals surface area (Å²) in [5.41, 5.74) is 0.741. The van der Waals surface area contributed by atoms with Crippen molar-refractivity contribution >= 4 is 15.9 Å². The SMILES string of the molecule is CCOc1cccc(Oc2cc(Br)ccc2CO)c1. The minimum Gasteiger partial charge on any atom is -0.494 e. The molecule has 0 amide bonds. The van der Waals surface area contributed by atoms with E-state index < -0.39 is 0 Å². The minimum absolute atomic E-state index is 0.0617. The van der Waals surface area contributed by atoms with Crippen molar-refractivity contribution in [1.29, 1.82) is 0 Å².